The Labute approximate surface area is 190 Å². The van der Waals surface area contributed by atoms with Gasteiger partial charge in [0.25, 0.3) is 0 Å². The highest BCUT2D eigenvalue weighted by molar-refractivity contribution is 14.0. The third-order valence-electron chi connectivity index (χ3n) is 4.37. The second-order valence-corrected chi connectivity index (χ2v) is 6.44. The molecule has 166 valence electrons. The molecule has 1 aromatic carbocycles. The number of ether oxygens (including phenoxy) is 3. The molecular weight excluding hydrogens is 511 g/mol. The molecule has 0 fully saturated rings. The molecule has 1 aromatic heterocycles. The Balaban J connectivity index is 0.00000320. The minimum Gasteiger partial charge on any atom is -0.454 e. The molecule has 11 heteroatoms. The van der Waals surface area contributed by atoms with Crippen LogP contribution in [0.15, 0.2) is 23.3 Å². The minimum atomic E-state index is -2.93. The summed E-state index contributed by atoms with van der Waals surface area (Å²) in [5.74, 6) is 1.49. The highest BCUT2D eigenvalue weighted by atomic mass is 127. The van der Waals surface area contributed by atoms with E-state index in [-0.39, 0.29) is 43.1 Å². The van der Waals surface area contributed by atoms with E-state index in [1.165, 1.54) is 11.6 Å². The second-order valence-electron chi connectivity index (χ2n) is 6.44. The summed E-state index contributed by atoms with van der Waals surface area (Å²) in [6.45, 7) is 2.59. The van der Waals surface area contributed by atoms with Gasteiger partial charge in [0.1, 0.15) is 5.75 Å². The molecule has 0 bridgehead atoms. The topological polar surface area (TPSA) is 92.8 Å². The monoisotopic (exact) mass is 537 g/mol. The van der Waals surface area contributed by atoms with Crippen molar-refractivity contribution in [2.24, 2.45) is 4.99 Å². The zero-order valence-corrected chi connectivity index (χ0v) is 19.2. The first kappa shape index (κ1) is 24.0. The number of aryl methyl sites for hydroxylation is 2. The number of fused-ring (bicyclic) bond motifs is 1. The maximum absolute atomic E-state index is 12.8. The SMILES string of the molecule is CCNC(=NCc1cc2c(cc1OC(F)F)OCO2)NCCCc1cn[nH]c1C.I. The lowest BCUT2D eigenvalue weighted by molar-refractivity contribution is -0.0505. The predicted octanol–water partition coefficient (Wildman–Crippen LogP) is 3.35. The van der Waals surface area contributed by atoms with Crippen LogP contribution < -0.4 is 24.8 Å². The fourth-order valence-corrected chi connectivity index (χ4v) is 2.91. The van der Waals surface area contributed by atoms with Crippen molar-refractivity contribution >= 4 is 29.9 Å². The number of nitrogens with one attached hydrogen (secondary N) is 3. The van der Waals surface area contributed by atoms with Crippen LogP contribution in [0, 0.1) is 6.92 Å². The molecule has 3 N–H and O–H groups in total. The average Bonchev–Trinajstić information content (AvgIpc) is 3.30. The van der Waals surface area contributed by atoms with Gasteiger partial charge in [-0.25, -0.2) is 4.99 Å². The van der Waals surface area contributed by atoms with Crippen molar-refractivity contribution in [3.05, 3.63) is 35.2 Å². The van der Waals surface area contributed by atoms with Crippen molar-refractivity contribution in [2.75, 3.05) is 19.9 Å². The van der Waals surface area contributed by atoms with Gasteiger partial charge in [-0.2, -0.15) is 13.9 Å². The molecule has 0 radical (unpaired) electrons. The van der Waals surface area contributed by atoms with E-state index in [0.717, 1.165) is 18.5 Å². The molecule has 0 spiro atoms. The number of aromatic nitrogens is 2. The molecule has 8 nitrogen and oxygen atoms in total. The van der Waals surface area contributed by atoms with Gasteiger partial charge in [0, 0.05) is 30.4 Å². The first-order valence-corrected chi connectivity index (χ1v) is 9.45. The standard InChI is InChI=1S/C19H25F2N5O3.HI/c1-3-22-19(23-6-4-5-13-10-25-26-12(13)2)24-9-14-7-16-17(28-11-27-16)8-15(14)29-18(20)21;/h7-8,10,18H,3-6,9,11H2,1-2H3,(H,25,26)(H2,22,23,24);1H. The number of H-pyrrole nitrogens is 1. The lowest BCUT2D eigenvalue weighted by Crippen LogP contribution is -2.37. The van der Waals surface area contributed by atoms with Crippen LogP contribution in [0.25, 0.3) is 0 Å². The van der Waals surface area contributed by atoms with E-state index in [2.05, 4.69) is 30.6 Å². The normalized spacial score (nSPS) is 12.6. The Morgan fingerprint density at radius 2 is 2.03 bits per heavy atom. The predicted molar refractivity (Wildman–Crippen MR) is 119 cm³/mol. The van der Waals surface area contributed by atoms with Gasteiger partial charge >= 0.3 is 6.61 Å². The third kappa shape index (κ3) is 6.61. The summed E-state index contributed by atoms with van der Waals surface area (Å²) in [7, 11) is 0. The second kappa shape index (κ2) is 11.8. The van der Waals surface area contributed by atoms with Crippen molar-refractivity contribution in [2.45, 2.75) is 39.8 Å². The van der Waals surface area contributed by atoms with Crippen LogP contribution in [-0.2, 0) is 13.0 Å². The number of benzene rings is 1. The molecule has 3 rings (SSSR count). The fraction of sp³-hybridized carbons (Fsp3) is 0.474. The number of halogens is 3. The Bertz CT molecular complexity index is 848. The zero-order chi connectivity index (χ0) is 20.6. The number of hydrogen-bond acceptors (Lipinski definition) is 5. The molecule has 30 heavy (non-hydrogen) atoms. The highest BCUT2D eigenvalue weighted by Crippen LogP contribution is 2.39. The van der Waals surface area contributed by atoms with Crippen LogP contribution in [0.3, 0.4) is 0 Å². The van der Waals surface area contributed by atoms with Crippen LogP contribution in [0.2, 0.25) is 0 Å². The van der Waals surface area contributed by atoms with Crippen LogP contribution >= 0.6 is 24.0 Å². The first-order chi connectivity index (χ1) is 14.1. The van der Waals surface area contributed by atoms with Gasteiger partial charge in [-0.15, -0.1) is 24.0 Å². The van der Waals surface area contributed by atoms with Crippen LogP contribution in [0.5, 0.6) is 17.2 Å². The molecule has 0 atom stereocenters. The summed E-state index contributed by atoms with van der Waals surface area (Å²) in [6.07, 6.45) is 3.62. The van der Waals surface area contributed by atoms with E-state index in [1.807, 2.05) is 20.0 Å². The van der Waals surface area contributed by atoms with Gasteiger partial charge in [0.05, 0.1) is 12.7 Å². The Hall–Kier alpha value is -2.31. The van der Waals surface area contributed by atoms with Crippen LogP contribution in [0.4, 0.5) is 8.78 Å². The summed E-state index contributed by atoms with van der Waals surface area (Å²) in [5, 5.41) is 13.3. The quantitative estimate of drug-likeness (QED) is 0.197. The smallest absolute Gasteiger partial charge is 0.387 e. The van der Waals surface area contributed by atoms with Gasteiger partial charge in [0.15, 0.2) is 17.5 Å². The number of rotatable bonds is 9. The van der Waals surface area contributed by atoms with Crippen molar-refractivity contribution < 1.29 is 23.0 Å². The molecule has 0 saturated heterocycles. The lowest BCUT2D eigenvalue weighted by atomic mass is 10.1. The maximum Gasteiger partial charge on any atom is 0.387 e. The summed E-state index contributed by atoms with van der Waals surface area (Å²) in [6, 6.07) is 3.03. The molecule has 0 saturated carbocycles. The van der Waals surface area contributed by atoms with E-state index in [9.17, 15) is 8.78 Å². The Morgan fingerprint density at radius 1 is 1.27 bits per heavy atom. The summed E-state index contributed by atoms with van der Waals surface area (Å²) in [5.41, 5.74) is 2.74. The molecule has 1 aliphatic rings. The Morgan fingerprint density at radius 3 is 2.70 bits per heavy atom. The summed E-state index contributed by atoms with van der Waals surface area (Å²) in [4.78, 5) is 4.48. The van der Waals surface area contributed by atoms with Gasteiger partial charge < -0.3 is 24.8 Å². The third-order valence-corrected chi connectivity index (χ3v) is 4.37. The number of hydrogen-bond donors (Lipinski definition) is 3. The van der Waals surface area contributed by atoms with Crippen molar-refractivity contribution in [3.63, 3.8) is 0 Å². The van der Waals surface area contributed by atoms with Crippen molar-refractivity contribution in [1.82, 2.24) is 20.8 Å². The first-order valence-electron chi connectivity index (χ1n) is 9.45. The van der Waals surface area contributed by atoms with Crippen LogP contribution in [-0.4, -0.2) is 42.7 Å². The number of guanidine groups is 1. The zero-order valence-electron chi connectivity index (χ0n) is 16.8. The van der Waals surface area contributed by atoms with Gasteiger partial charge in [0.2, 0.25) is 6.79 Å². The van der Waals surface area contributed by atoms with Crippen molar-refractivity contribution in [1.29, 1.82) is 0 Å². The van der Waals surface area contributed by atoms with E-state index < -0.39 is 6.61 Å². The molecule has 1 aliphatic heterocycles. The van der Waals surface area contributed by atoms with Gasteiger partial charge in [-0.1, -0.05) is 0 Å². The minimum absolute atomic E-state index is 0. The summed E-state index contributed by atoms with van der Waals surface area (Å²) < 4.78 is 40.7. The number of nitrogens with zero attached hydrogens (tertiary/aromatic N) is 2. The number of alkyl halides is 2. The molecular formula is C19H26F2IN5O3. The Kier molecular flexibility index (Phi) is 9.40. The van der Waals surface area contributed by atoms with E-state index in [1.54, 1.807) is 6.07 Å². The van der Waals surface area contributed by atoms with Gasteiger partial charge in [-0.05, 0) is 38.3 Å². The van der Waals surface area contributed by atoms with Crippen molar-refractivity contribution in [3.8, 4) is 17.2 Å². The lowest BCUT2D eigenvalue weighted by Gasteiger charge is -2.13. The summed E-state index contributed by atoms with van der Waals surface area (Å²) >= 11 is 0. The molecule has 0 unspecified atom stereocenters. The van der Waals surface area contributed by atoms with E-state index in [0.29, 0.717) is 36.1 Å². The maximum atomic E-state index is 12.8. The fourth-order valence-electron chi connectivity index (χ4n) is 2.91. The molecule has 2 aromatic rings. The largest absolute Gasteiger partial charge is 0.454 e. The van der Waals surface area contributed by atoms with E-state index in [4.69, 9.17) is 9.47 Å². The number of aromatic amines is 1. The molecule has 2 heterocycles. The van der Waals surface area contributed by atoms with Crippen LogP contribution in [0.1, 0.15) is 30.2 Å². The number of aliphatic imine (C=N–C) groups is 1. The highest BCUT2D eigenvalue weighted by Gasteiger charge is 2.20. The molecule has 0 amide bonds. The van der Waals surface area contributed by atoms with Gasteiger partial charge in [-0.3, -0.25) is 5.10 Å². The molecule has 0 aliphatic carbocycles. The van der Waals surface area contributed by atoms with E-state index >= 15 is 0 Å². The average molecular weight is 537 g/mol.